The van der Waals surface area contributed by atoms with E-state index in [0.717, 1.165) is 6.42 Å². The van der Waals surface area contributed by atoms with E-state index < -0.39 is 12.2 Å². The van der Waals surface area contributed by atoms with E-state index in [-0.39, 0.29) is 5.88 Å². The third-order valence-electron chi connectivity index (χ3n) is 2.64. The molecule has 1 aromatic carbocycles. The zero-order chi connectivity index (χ0) is 12.3. The number of aliphatic hydroxyl groups is 2. The van der Waals surface area contributed by atoms with Crippen molar-refractivity contribution in [3.05, 3.63) is 23.8 Å². The van der Waals surface area contributed by atoms with Crippen LogP contribution < -0.4 is 9.47 Å². The summed E-state index contributed by atoms with van der Waals surface area (Å²) in [5, 5.41) is 19.3. The summed E-state index contributed by atoms with van der Waals surface area (Å²) in [6.45, 7) is 1.21. The molecule has 0 radical (unpaired) electrons. The summed E-state index contributed by atoms with van der Waals surface area (Å²) in [5.74, 6) is 1.25. The molecule has 17 heavy (non-hydrogen) atoms. The van der Waals surface area contributed by atoms with Crippen molar-refractivity contribution in [3.63, 3.8) is 0 Å². The van der Waals surface area contributed by atoms with Gasteiger partial charge in [-0.15, -0.1) is 11.6 Å². The van der Waals surface area contributed by atoms with Gasteiger partial charge in [-0.1, -0.05) is 6.07 Å². The van der Waals surface area contributed by atoms with Gasteiger partial charge in [-0.2, -0.15) is 0 Å². The van der Waals surface area contributed by atoms with Crippen LogP contribution in [0.15, 0.2) is 18.2 Å². The summed E-state index contributed by atoms with van der Waals surface area (Å²) in [4.78, 5) is 0. The number of hydrogen-bond donors (Lipinski definition) is 2. The van der Waals surface area contributed by atoms with Crippen molar-refractivity contribution in [3.8, 4) is 11.5 Å². The molecule has 2 rings (SSSR count). The largest absolute Gasteiger partial charge is 0.490 e. The van der Waals surface area contributed by atoms with E-state index in [1.165, 1.54) is 0 Å². The minimum Gasteiger partial charge on any atom is -0.490 e. The Morgan fingerprint density at radius 2 is 1.88 bits per heavy atom. The molecule has 1 aromatic rings. The predicted molar refractivity (Wildman–Crippen MR) is 63.7 cm³/mol. The fourth-order valence-corrected chi connectivity index (χ4v) is 1.84. The van der Waals surface area contributed by atoms with Gasteiger partial charge in [0, 0.05) is 6.42 Å². The van der Waals surface area contributed by atoms with Gasteiger partial charge in [-0.05, 0) is 17.7 Å². The monoisotopic (exact) mass is 258 g/mol. The van der Waals surface area contributed by atoms with Crippen LogP contribution >= 0.6 is 11.6 Å². The summed E-state index contributed by atoms with van der Waals surface area (Å²) >= 11 is 5.50. The second kappa shape index (κ2) is 5.58. The van der Waals surface area contributed by atoms with Crippen LogP contribution in [0.4, 0.5) is 0 Å². The lowest BCUT2D eigenvalue weighted by molar-refractivity contribution is 0.0325. The molecule has 0 aromatic heterocycles. The molecule has 1 heterocycles. The van der Waals surface area contributed by atoms with Gasteiger partial charge in [0.15, 0.2) is 11.5 Å². The highest BCUT2D eigenvalue weighted by Crippen LogP contribution is 2.33. The summed E-state index contributed by atoms with van der Waals surface area (Å²) < 4.78 is 11.0. The fraction of sp³-hybridized carbons (Fsp3) is 0.500. The first-order valence-electron chi connectivity index (χ1n) is 5.54. The second-order valence-electron chi connectivity index (χ2n) is 3.92. The van der Waals surface area contributed by atoms with Gasteiger partial charge < -0.3 is 19.7 Å². The van der Waals surface area contributed by atoms with E-state index in [2.05, 4.69) is 0 Å². The fourth-order valence-electron chi connectivity index (χ4n) is 1.67. The third-order valence-corrected chi connectivity index (χ3v) is 2.95. The van der Waals surface area contributed by atoms with Crippen molar-refractivity contribution >= 4 is 11.6 Å². The molecule has 0 saturated heterocycles. The summed E-state index contributed by atoms with van der Waals surface area (Å²) in [6, 6.07) is 5.12. The van der Waals surface area contributed by atoms with Gasteiger partial charge in [0.05, 0.1) is 25.2 Å². The molecule has 0 aliphatic carbocycles. The van der Waals surface area contributed by atoms with E-state index in [0.29, 0.717) is 30.3 Å². The quantitative estimate of drug-likeness (QED) is 0.807. The highest BCUT2D eigenvalue weighted by atomic mass is 35.5. The number of benzene rings is 1. The first-order valence-corrected chi connectivity index (χ1v) is 6.07. The first kappa shape index (κ1) is 12.5. The highest BCUT2D eigenvalue weighted by molar-refractivity contribution is 6.18. The Hall–Kier alpha value is -0.970. The van der Waals surface area contributed by atoms with Crippen molar-refractivity contribution in [2.24, 2.45) is 0 Å². The molecular weight excluding hydrogens is 244 g/mol. The number of ether oxygens (including phenoxy) is 2. The van der Waals surface area contributed by atoms with Crippen molar-refractivity contribution in [1.82, 2.24) is 0 Å². The van der Waals surface area contributed by atoms with Gasteiger partial charge in [0.1, 0.15) is 6.10 Å². The minimum atomic E-state index is -1.01. The molecule has 0 amide bonds. The highest BCUT2D eigenvalue weighted by Gasteiger charge is 2.20. The average molecular weight is 259 g/mol. The molecule has 0 saturated carbocycles. The molecule has 2 atom stereocenters. The molecule has 2 N–H and O–H groups in total. The van der Waals surface area contributed by atoms with E-state index in [1.54, 1.807) is 18.2 Å². The van der Waals surface area contributed by atoms with Crippen molar-refractivity contribution in [2.75, 3.05) is 19.1 Å². The van der Waals surface area contributed by atoms with Crippen LogP contribution in [-0.2, 0) is 0 Å². The minimum absolute atomic E-state index is 0.0182. The SMILES string of the molecule is OC(CCl)C(O)c1ccc2c(c1)OCCCO2. The van der Waals surface area contributed by atoms with Crippen LogP contribution in [0, 0.1) is 0 Å². The number of halogens is 1. The zero-order valence-electron chi connectivity index (χ0n) is 9.30. The van der Waals surface area contributed by atoms with Crippen molar-refractivity contribution < 1.29 is 19.7 Å². The van der Waals surface area contributed by atoms with Gasteiger partial charge in [-0.25, -0.2) is 0 Å². The molecule has 94 valence electrons. The Labute approximate surface area is 105 Å². The van der Waals surface area contributed by atoms with Crippen LogP contribution in [0.3, 0.4) is 0 Å². The number of rotatable bonds is 3. The van der Waals surface area contributed by atoms with E-state index in [1.807, 2.05) is 0 Å². The summed E-state index contributed by atoms with van der Waals surface area (Å²) in [6.07, 6.45) is -1.16. The smallest absolute Gasteiger partial charge is 0.161 e. The lowest BCUT2D eigenvalue weighted by atomic mass is 10.0. The Kier molecular flexibility index (Phi) is 4.10. The molecular formula is C12H15ClO4. The van der Waals surface area contributed by atoms with E-state index in [9.17, 15) is 10.2 Å². The Bertz CT molecular complexity index is 383. The lowest BCUT2D eigenvalue weighted by Gasteiger charge is -2.17. The lowest BCUT2D eigenvalue weighted by Crippen LogP contribution is -2.19. The maximum Gasteiger partial charge on any atom is 0.161 e. The van der Waals surface area contributed by atoms with Gasteiger partial charge in [0.2, 0.25) is 0 Å². The van der Waals surface area contributed by atoms with Crippen molar-refractivity contribution in [2.45, 2.75) is 18.6 Å². The number of fused-ring (bicyclic) bond motifs is 1. The van der Waals surface area contributed by atoms with Crippen LogP contribution in [0.5, 0.6) is 11.5 Å². The maximum absolute atomic E-state index is 9.83. The molecule has 0 fully saturated rings. The maximum atomic E-state index is 9.83. The van der Waals surface area contributed by atoms with Gasteiger partial charge in [0.25, 0.3) is 0 Å². The van der Waals surface area contributed by atoms with Crippen LogP contribution in [0.25, 0.3) is 0 Å². The summed E-state index contributed by atoms with van der Waals surface area (Å²) in [5.41, 5.74) is 0.572. The molecule has 1 aliphatic rings. The molecule has 0 spiro atoms. The van der Waals surface area contributed by atoms with E-state index >= 15 is 0 Å². The number of aliphatic hydroxyl groups excluding tert-OH is 2. The second-order valence-corrected chi connectivity index (χ2v) is 4.23. The van der Waals surface area contributed by atoms with E-state index in [4.69, 9.17) is 21.1 Å². The molecule has 5 heteroatoms. The van der Waals surface area contributed by atoms with Crippen LogP contribution in [-0.4, -0.2) is 35.4 Å². The predicted octanol–water partition coefficient (Wildman–Crippen LogP) is 1.48. The average Bonchev–Trinajstić information content (AvgIpc) is 2.61. The molecule has 4 nitrogen and oxygen atoms in total. The normalized spacial score (nSPS) is 18.3. The Balaban J connectivity index is 2.23. The van der Waals surface area contributed by atoms with Crippen LogP contribution in [0.1, 0.15) is 18.1 Å². The Morgan fingerprint density at radius 3 is 2.59 bits per heavy atom. The number of hydrogen-bond acceptors (Lipinski definition) is 4. The van der Waals surface area contributed by atoms with Crippen LogP contribution in [0.2, 0.25) is 0 Å². The zero-order valence-corrected chi connectivity index (χ0v) is 10.1. The Morgan fingerprint density at radius 1 is 1.18 bits per heavy atom. The van der Waals surface area contributed by atoms with Gasteiger partial charge >= 0.3 is 0 Å². The topological polar surface area (TPSA) is 58.9 Å². The number of alkyl halides is 1. The molecule has 0 bridgehead atoms. The molecule has 2 unspecified atom stereocenters. The van der Waals surface area contributed by atoms with Crippen molar-refractivity contribution in [1.29, 1.82) is 0 Å². The molecule has 1 aliphatic heterocycles. The summed E-state index contributed by atoms with van der Waals surface area (Å²) in [7, 11) is 0. The third kappa shape index (κ3) is 2.83. The van der Waals surface area contributed by atoms with Gasteiger partial charge in [-0.3, -0.25) is 0 Å². The standard InChI is InChI=1S/C12H15ClO4/c13-7-9(14)12(15)8-2-3-10-11(6-8)17-5-1-4-16-10/h2-3,6,9,12,14-15H,1,4-5,7H2. The first-order chi connectivity index (χ1) is 8.22.